The van der Waals surface area contributed by atoms with Crippen LogP contribution in [0.2, 0.25) is 0 Å². The van der Waals surface area contributed by atoms with E-state index in [4.69, 9.17) is 0 Å². The fourth-order valence-corrected chi connectivity index (χ4v) is 2.85. The highest BCUT2D eigenvalue weighted by atomic mass is 79.9. The Labute approximate surface area is 122 Å². The highest BCUT2D eigenvalue weighted by Gasteiger charge is 2.23. The van der Waals surface area contributed by atoms with Crippen molar-refractivity contribution in [3.63, 3.8) is 0 Å². The third-order valence-corrected chi connectivity index (χ3v) is 3.82. The molecule has 1 atom stereocenters. The van der Waals surface area contributed by atoms with Gasteiger partial charge in [0.05, 0.1) is 11.1 Å². The minimum Gasteiger partial charge on any atom is -0.297 e. The lowest BCUT2D eigenvalue weighted by molar-refractivity contribution is 0.397. The Morgan fingerprint density at radius 3 is 2.78 bits per heavy atom. The molecule has 3 nitrogen and oxygen atoms in total. The van der Waals surface area contributed by atoms with Crippen LogP contribution < -0.4 is 5.32 Å². The van der Waals surface area contributed by atoms with Crippen LogP contribution >= 0.6 is 27.7 Å². The van der Waals surface area contributed by atoms with Gasteiger partial charge in [0.1, 0.15) is 5.54 Å². The lowest BCUT2D eigenvalue weighted by Crippen LogP contribution is -2.45. The summed E-state index contributed by atoms with van der Waals surface area (Å²) in [5.41, 5.74) is -0.462. The maximum absolute atomic E-state index is 9.22. The Morgan fingerprint density at radius 1 is 1.56 bits per heavy atom. The van der Waals surface area contributed by atoms with Gasteiger partial charge in [-0.1, -0.05) is 0 Å². The van der Waals surface area contributed by atoms with Gasteiger partial charge in [0.25, 0.3) is 0 Å². The number of rotatable bonds is 6. The smallest absolute Gasteiger partial charge is 0.104 e. The zero-order valence-electron chi connectivity index (χ0n) is 10.9. The molecule has 1 unspecified atom stereocenters. The number of thioether (sulfide) groups is 1. The zero-order chi connectivity index (χ0) is 13.6. The van der Waals surface area contributed by atoms with Crippen LogP contribution in [0.5, 0.6) is 0 Å². The predicted octanol–water partition coefficient (Wildman–Crippen LogP) is 3.61. The van der Waals surface area contributed by atoms with Crippen LogP contribution in [0.25, 0.3) is 0 Å². The Bertz CT molecular complexity index is 413. The van der Waals surface area contributed by atoms with E-state index in [9.17, 15) is 5.26 Å². The maximum Gasteiger partial charge on any atom is 0.104 e. The van der Waals surface area contributed by atoms with Crippen LogP contribution in [0, 0.1) is 11.3 Å². The number of hydrogen-bond acceptors (Lipinski definition) is 4. The number of halogens is 1. The van der Waals surface area contributed by atoms with E-state index in [1.165, 1.54) is 0 Å². The summed E-state index contributed by atoms with van der Waals surface area (Å²) in [4.78, 5) is 4.30. The minimum atomic E-state index is -0.462. The van der Waals surface area contributed by atoms with Crippen LogP contribution in [0.4, 0.5) is 0 Å². The van der Waals surface area contributed by atoms with Crippen LogP contribution in [0.1, 0.15) is 27.2 Å². The van der Waals surface area contributed by atoms with Crippen molar-refractivity contribution in [2.75, 3.05) is 5.75 Å². The highest BCUT2D eigenvalue weighted by Crippen LogP contribution is 2.21. The van der Waals surface area contributed by atoms with Crippen molar-refractivity contribution in [3.8, 4) is 6.07 Å². The summed E-state index contributed by atoms with van der Waals surface area (Å²) in [5, 5.41) is 13.5. The maximum atomic E-state index is 9.22. The van der Waals surface area contributed by atoms with Crippen molar-refractivity contribution in [1.29, 1.82) is 5.26 Å². The van der Waals surface area contributed by atoms with Crippen molar-refractivity contribution in [1.82, 2.24) is 10.3 Å². The average molecular weight is 328 g/mol. The van der Waals surface area contributed by atoms with E-state index in [0.717, 1.165) is 21.7 Å². The van der Waals surface area contributed by atoms with Crippen molar-refractivity contribution in [3.05, 3.63) is 22.8 Å². The van der Waals surface area contributed by atoms with Gasteiger partial charge in [0.15, 0.2) is 0 Å². The molecule has 1 heterocycles. The molecule has 0 radical (unpaired) electrons. The van der Waals surface area contributed by atoms with E-state index in [-0.39, 0.29) is 0 Å². The van der Waals surface area contributed by atoms with E-state index in [0.29, 0.717) is 6.04 Å². The van der Waals surface area contributed by atoms with Crippen molar-refractivity contribution < 1.29 is 0 Å². The number of nitriles is 1. The number of aromatic nitrogens is 1. The van der Waals surface area contributed by atoms with Gasteiger partial charge in [-0.3, -0.25) is 5.32 Å². The molecule has 0 bridgehead atoms. The molecular weight excluding hydrogens is 310 g/mol. The van der Waals surface area contributed by atoms with Gasteiger partial charge in [-0.2, -0.15) is 5.26 Å². The first kappa shape index (κ1) is 15.5. The molecule has 98 valence electrons. The molecule has 0 aliphatic carbocycles. The summed E-state index contributed by atoms with van der Waals surface area (Å²) in [6.07, 6.45) is 2.59. The second-order valence-corrected chi connectivity index (χ2v) is 6.69. The minimum absolute atomic E-state index is 0.311. The number of hydrogen-bond donors (Lipinski definition) is 1. The molecule has 0 saturated heterocycles. The molecule has 0 aliphatic heterocycles. The van der Waals surface area contributed by atoms with E-state index in [2.05, 4.69) is 46.1 Å². The zero-order valence-corrected chi connectivity index (χ0v) is 13.3. The summed E-state index contributed by atoms with van der Waals surface area (Å²) in [6.45, 7) is 6.06. The standard InChI is InChI=1S/C13H18BrN3S/c1-10(2)17-13(3,9-15)6-7-18-12-5-4-11(14)8-16-12/h4-5,8,10,17H,6-7H2,1-3H3. The molecular formula is C13H18BrN3S. The Kier molecular flexibility index (Phi) is 6.13. The lowest BCUT2D eigenvalue weighted by atomic mass is 10.0. The molecule has 1 aromatic heterocycles. The molecule has 1 rings (SSSR count). The molecule has 0 saturated carbocycles. The van der Waals surface area contributed by atoms with E-state index in [1.54, 1.807) is 18.0 Å². The van der Waals surface area contributed by atoms with E-state index >= 15 is 0 Å². The summed E-state index contributed by atoms with van der Waals surface area (Å²) in [5.74, 6) is 0.873. The number of pyridine rings is 1. The summed E-state index contributed by atoms with van der Waals surface area (Å²) in [6, 6.07) is 6.62. The molecule has 1 N–H and O–H groups in total. The highest BCUT2D eigenvalue weighted by molar-refractivity contribution is 9.10. The average Bonchev–Trinajstić information content (AvgIpc) is 2.31. The SMILES string of the molecule is CC(C)NC(C)(C#N)CCSc1ccc(Br)cn1. The van der Waals surface area contributed by atoms with Gasteiger partial charge < -0.3 is 0 Å². The van der Waals surface area contributed by atoms with E-state index < -0.39 is 5.54 Å². The Hall–Kier alpha value is -0.570. The summed E-state index contributed by atoms with van der Waals surface area (Å²) < 4.78 is 0.982. The number of nitrogens with one attached hydrogen (secondary N) is 1. The molecule has 18 heavy (non-hydrogen) atoms. The molecule has 1 aromatic rings. The third-order valence-electron chi connectivity index (χ3n) is 2.41. The lowest BCUT2D eigenvalue weighted by Gasteiger charge is -2.25. The second-order valence-electron chi connectivity index (χ2n) is 4.66. The van der Waals surface area contributed by atoms with Crippen molar-refractivity contribution in [2.24, 2.45) is 0 Å². The quantitative estimate of drug-likeness (QED) is 0.811. The Balaban J connectivity index is 2.45. The molecule has 0 fully saturated rings. The monoisotopic (exact) mass is 327 g/mol. The fraction of sp³-hybridized carbons (Fsp3) is 0.538. The second kappa shape index (κ2) is 7.13. The first-order chi connectivity index (χ1) is 8.45. The van der Waals surface area contributed by atoms with Crippen LogP contribution in [0.3, 0.4) is 0 Å². The third kappa shape index (κ3) is 5.38. The normalized spacial score (nSPS) is 14.2. The van der Waals surface area contributed by atoms with Crippen LogP contribution in [0.15, 0.2) is 27.8 Å². The molecule has 0 aromatic carbocycles. The van der Waals surface area contributed by atoms with Gasteiger partial charge in [0.2, 0.25) is 0 Å². The number of nitrogens with zero attached hydrogens (tertiary/aromatic N) is 2. The van der Waals surface area contributed by atoms with Gasteiger partial charge in [-0.15, -0.1) is 11.8 Å². The fourth-order valence-electron chi connectivity index (χ4n) is 1.60. The Morgan fingerprint density at radius 2 is 2.28 bits per heavy atom. The van der Waals surface area contributed by atoms with Gasteiger partial charge >= 0.3 is 0 Å². The summed E-state index contributed by atoms with van der Waals surface area (Å²) >= 11 is 5.03. The molecule has 0 aliphatic rings. The topological polar surface area (TPSA) is 48.7 Å². The van der Waals surface area contributed by atoms with Crippen LogP contribution in [-0.2, 0) is 0 Å². The largest absolute Gasteiger partial charge is 0.297 e. The molecule has 0 spiro atoms. The molecule has 5 heteroatoms. The van der Waals surface area contributed by atoms with E-state index in [1.807, 2.05) is 19.1 Å². The first-order valence-electron chi connectivity index (χ1n) is 5.88. The van der Waals surface area contributed by atoms with Gasteiger partial charge in [-0.05, 0) is 55.3 Å². The molecule has 0 amide bonds. The van der Waals surface area contributed by atoms with Crippen LogP contribution in [-0.4, -0.2) is 22.3 Å². The van der Waals surface area contributed by atoms with Crippen molar-refractivity contribution >= 4 is 27.7 Å². The summed E-state index contributed by atoms with van der Waals surface area (Å²) in [7, 11) is 0. The van der Waals surface area contributed by atoms with Gasteiger partial charge in [-0.25, -0.2) is 4.98 Å². The van der Waals surface area contributed by atoms with Gasteiger partial charge in [0, 0.05) is 22.5 Å². The predicted molar refractivity (Wildman–Crippen MR) is 79.6 cm³/mol. The van der Waals surface area contributed by atoms with Crippen molar-refractivity contribution in [2.45, 2.75) is 43.8 Å². The first-order valence-corrected chi connectivity index (χ1v) is 7.66.